The zero-order chi connectivity index (χ0) is 81.0. The monoisotopic (exact) mass is 1640 g/mol. The fourth-order valence-electron chi connectivity index (χ4n) is 18.7. The summed E-state index contributed by atoms with van der Waals surface area (Å²) < 4.78 is 15.1. The lowest BCUT2D eigenvalue weighted by Crippen LogP contribution is -2.11. The van der Waals surface area contributed by atoms with Crippen LogP contribution in [0.1, 0.15) is 0 Å². The summed E-state index contributed by atoms with van der Waals surface area (Å²) in [6, 6.07) is 159. The molecule has 25 aromatic rings. The standard InChI is InChI=1S/C58H38N2OS.C56H34N2S3/c1-4-23-43(24-5-1)59(44-25-6-2-7-26-44)52-38-42-20-12-15-32-50(42)57-55(52)51-37-41-19-11-14-31-49(41)56(58(51)61-57)53-34-35-54(62-53)60(45-27-8-3-9-28-45)46-29-16-22-40(36-46)48-33-17-21-39-18-10-13-30-47(39)48;1-3-16-36(17-4-1)57(38-27-29-51-45(32-38)42-22-11-13-25-49(42)59-51)47-34-53-54(44-24-10-9-21-41(44)47)55-48(31-35-15-7-8-20-40(35)56(55)61-53)58(37-18-5-2-6-19-37)39-28-30-52-46(33-39)43-23-12-14-26-50(43)60-52/h1-38H;1-34H. The first-order valence-electron chi connectivity index (χ1n) is 41.6. The Labute approximate surface area is 725 Å². The Hall–Kier alpha value is -14.9. The smallest absolute Gasteiger partial charge is 0.145 e. The summed E-state index contributed by atoms with van der Waals surface area (Å²) in [5.41, 5.74) is 17.6. The van der Waals surface area contributed by atoms with Crippen molar-refractivity contribution >= 4 is 249 Å². The Balaban J connectivity index is 0.000000139. The van der Waals surface area contributed by atoms with Gasteiger partial charge in [0.1, 0.15) is 16.2 Å². The van der Waals surface area contributed by atoms with E-state index in [1.54, 1.807) is 11.3 Å². The minimum atomic E-state index is 0.884. The highest BCUT2D eigenvalue weighted by molar-refractivity contribution is 7.27. The summed E-state index contributed by atoms with van der Waals surface area (Å²) in [7, 11) is 0. The predicted molar refractivity (Wildman–Crippen MR) is 534 cm³/mol. The number of thiophene rings is 4. The molecule has 25 rings (SSSR count). The lowest BCUT2D eigenvalue weighted by molar-refractivity contribution is 0.674. The highest BCUT2D eigenvalue weighted by Gasteiger charge is 2.30. The lowest BCUT2D eigenvalue weighted by Gasteiger charge is -2.28. The third-order valence-electron chi connectivity index (χ3n) is 24.2. The number of hydrogen-bond acceptors (Lipinski definition) is 9. The van der Waals surface area contributed by atoms with Crippen molar-refractivity contribution in [2.24, 2.45) is 0 Å². The molecule has 0 saturated carbocycles. The van der Waals surface area contributed by atoms with Gasteiger partial charge in [-0.25, -0.2) is 0 Å². The maximum atomic E-state index is 7.33. The Morgan fingerprint density at radius 3 is 1.21 bits per heavy atom. The molecule has 0 N–H and O–H groups in total. The molecule has 0 atom stereocenters. The van der Waals surface area contributed by atoms with Crippen molar-refractivity contribution in [2.45, 2.75) is 0 Å². The number of nitrogens with zero attached hydrogens (tertiary/aromatic N) is 4. The summed E-state index contributed by atoms with van der Waals surface area (Å²) in [5, 5.41) is 23.0. The largest absolute Gasteiger partial charge is 0.455 e. The molecule has 9 heteroatoms. The van der Waals surface area contributed by atoms with Gasteiger partial charge in [0.15, 0.2) is 0 Å². The van der Waals surface area contributed by atoms with Gasteiger partial charge in [-0.1, -0.05) is 279 Å². The van der Waals surface area contributed by atoms with Gasteiger partial charge in [-0.2, -0.15) is 0 Å². The maximum absolute atomic E-state index is 7.33. The molecule has 123 heavy (non-hydrogen) atoms. The molecule has 0 aliphatic heterocycles. The minimum absolute atomic E-state index is 0.884. The van der Waals surface area contributed by atoms with Gasteiger partial charge in [-0.3, -0.25) is 0 Å². The fourth-order valence-corrected chi connectivity index (χ4v) is 23.3. The van der Waals surface area contributed by atoms with E-state index in [2.05, 4.69) is 456 Å². The average molecular weight is 1640 g/mol. The molecular formula is C114H72N4OS4. The lowest BCUT2D eigenvalue weighted by atomic mass is 9.97. The molecule has 5 nitrogen and oxygen atoms in total. The molecule has 0 bridgehead atoms. The maximum Gasteiger partial charge on any atom is 0.145 e. The first-order chi connectivity index (χ1) is 61.0. The Morgan fingerprint density at radius 2 is 0.618 bits per heavy atom. The molecule has 5 aromatic heterocycles. The van der Waals surface area contributed by atoms with E-state index < -0.39 is 0 Å². The summed E-state index contributed by atoms with van der Waals surface area (Å²) in [4.78, 5) is 10.8. The molecule has 0 amide bonds. The molecule has 0 spiro atoms. The van der Waals surface area contributed by atoms with Crippen LogP contribution >= 0.6 is 45.3 Å². The van der Waals surface area contributed by atoms with Gasteiger partial charge < -0.3 is 24.0 Å². The molecule has 0 fully saturated rings. The van der Waals surface area contributed by atoms with Crippen LogP contribution in [0, 0.1) is 0 Å². The number of rotatable bonds is 14. The number of fused-ring (bicyclic) bond motifs is 20. The first kappa shape index (κ1) is 72.1. The third-order valence-corrected chi connectivity index (χ3v) is 28.7. The summed E-state index contributed by atoms with van der Waals surface area (Å²) >= 11 is 7.43. The van der Waals surface area contributed by atoms with Gasteiger partial charge in [0.05, 0.1) is 22.4 Å². The second kappa shape index (κ2) is 30.1. The van der Waals surface area contributed by atoms with Crippen molar-refractivity contribution in [1.29, 1.82) is 0 Å². The van der Waals surface area contributed by atoms with E-state index in [0.717, 1.165) is 105 Å². The number of benzene rings is 20. The normalized spacial score (nSPS) is 11.7. The summed E-state index contributed by atoms with van der Waals surface area (Å²) in [5.74, 6) is 0. The molecule has 0 aliphatic rings. The van der Waals surface area contributed by atoms with Crippen molar-refractivity contribution in [2.75, 3.05) is 19.6 Å². The predicted octanol–water partition coefficient (Wildman–Crippen LogP) is 35.4. The number of hydrogen-bond donors (Lipinski definition) is 0. The first-order valence-corrected chi connectivity index (χ1v) is 44.8. The molecule has 20 aromatic carbocycles. The van der Waals surface area contributed by atoms with E-state index in [-0.39, 0.29) is 0 Å². The van der Waals surface area contributed by atoms with Crippen LogP contribution < -0.4 is 19.6 Å². The minimum Gasteiger partial charge on any atom is -0.455 e. The van der Waals surface area contributed by atoms with Crippen LogP contribution in [0.15, 0.2) is 441 Å². The topological polar surface area (TPSA) is 26.1 Å². The van der Waals surface area contributed by atoms with Gasteiger partial charge in [-0.05, 0) is 212 Å². The van der Waals surface area contributed by atoms with Gasteiger partial charge in [0.2, 0.25) is 0 Å². The third kappa shape index (κ3) is 12.4. The highest BCUT2D eigenvalue weighted by atomic mass is 32.1. The van der Waals surface area contributed by atoms with Crippen LogP contribution in [0.2, 0.25) is 0 Å². The van der Waals surface area contributed by atoms with Crippen molar-refractivity contribution in [3.63, 3.8) is 0 Å². The van der Waals surface area contributed by atoms with Crippen LogP contribution in [0.3, 0.4) is 0 Å². The Bertz CT molecular complexity index is 8380. The van der Waals surface area contributed by atoms with Gasteiger partial charge in [0, 0.05) is 133 Å². The molecule has 0 unspecified atom stereocenters. The molecule has 0 aliphatic carbocycles. The van der Waals surface area contributed by atoms with Gasteiger partial charge in [0.25, 0.3) is 0 Å². The van der Waals surface area contributed by atoms with E-state index >= 15 is 0 Å². The molecule has 578 valence electrons. The molecule has 5 heterocycles. The van der Waals surface area contributed by atoms with Crippen molar-refractivity contribution in [1.82, 2.24) is 0 Å². The van der Waals surface area contributed by atoms with Crippen molar-refractivity contribution in [3.05, 3.63) is 437 Å². The summed E-state index contributed by atoms with van der Waals surface area (Å²) in [6.07, 6.45) is 0. The molecule has 0 saturated heterocycles. The van der Waals surface area contributed by atoms with Crippen LogP contribution in [0.4, 0.5) is 67.6 Å². The van der Waals surface area contributed by atoms with E-state index in [4.69, 9.17) is 4.42 Å². The number of para-hydroxylation sites is 5. The van der Waals surface area contributed by atoms with Gasteiger partial charge >= 0.3 is 0 Å². The number of furan rings is 1. The average Bonchev–Trinajstić information content (AvgIpc) is 1.57. The molecular weight excluding hydrogens is 1570 g/mol. The van der Waals surface area contributed by atoms with Crippen LogP contribution in [-0.4, -0.2) is 0 Å². The van der Waals surface area contributed by atoms with Crippen LogP contribution in [0.25, 0.3) is 158 Å². The number of anilines is 12. The summed E-state index contributed by atoms with van der Waals surface area (Å²) in [6.45, 7) is 0. The Morgan fingerprint density at radius 1 is 0.195 bits per heavy atom. The van der Waals surface area contributed by atoms with E-state index in [1.165, 1.54) is 121 Å². The van der Waals surface area contributed by atoms with Crippen LogP contribution in [0.5, 0.6) is 0 Å². The van der Waals surface area contributed by atoms with E-state index in [9.17, 15) is 0 Å². The fraction of sp³-hybridized carbons (Fsp3) is 0. The van der Waals surface area contributed by atoms with Crippen molar-refractivity contribution < 1.29 is 4.42 Å². The zero-order valence-electron chi connectivity index (χ0n) is 66.4. The zero-order valence-corrected chi connectivity index (χ0v) is 69.7. The van der Waals surface area contributed by atoms with E-state index in [1.807, 2.05) is 34.0 Å². The highest BCUT2D eigenvalue weighted by Crippen LogP contribution is 2.56. The second-order valence-electron chi connectivity index (χ2n) is 31.3. The quantitative estimate of drug-likeness (QED) is 0.108. The van der Waals surface area contributed by atoms with Crippen molar-refractivity contribution in [3.8, 4) is 21.6 Å². The second-order valence-corrected chi connectivity index (χ2v) is 35.6. The van der Waals surface area contributed by atoms with Gasteiger partial charge in [-0.15, -0.1) is 45.3 Å². The van der Waals surface area contributed by atoms with Crippen LogP contribution in [-0.2, 0) is 0 Å². The SMILES string of the molecule is c1ccc(N(c2ccc3sc4ccccc4c3c2)c2cc3sc4c5ccccc5cc(N(c5ccccc5)c5ccc6sc7ccccc7c6c5)c4c3c3ccccc23)cc1.c1ccc(N(c2cccc(-c3cccc4ccccc34)c2)c2ccc(-c3c4ccccc4cc4c3oc3c5ccccc5cc(N(c5ccccc5)c5ccccc5)c43)s2)cc1. The Kier molecular flexibility index (Phi) is 17.6. The molecule has 0 radical (unpaired) electrons. The van der Waals surface area contributed by atoms with E-state index in [0.29, 0.717) is 0 Å².